The van der Waals surface area contributed by atoms with E-state index in [0.29, 0.717) is 6.54 Å². The number of guanidine groups is 1. The van der Waals surface area contributed by atoms with Crippen molar-refractivity contribution in [3.63, 3.8) is 0 Å². The number of carbonyl (C=O) groups excluding carboxylic acids is 1. The SMILES string of the molecule is CCNC(=NCCCN1CCCC(C(N)=O)C1)N(C)Cc1csc(C(C)OC)n1. The van der Waals surface area contributed by atoms with Crippen molar-refractivity contribution >= 4 is 23.2 Å². The summed E-state index contributed by atoms with van der Waals surface area (Å²) in [5.41, 5.74) is 6.49. The lowest BCUT2D eigenvalue weighted by Crippen LogP contribution is -2.41. The molecule has 0 bridgehead atoms. The zero-order valence-electron chi connectivity index (χ0n) is 18.2. The highest BCUT2D eigenvalue weighted by Crippen LogP contribution is 2.21. The Morgan fingerprint density at radius 1 is 1.59 bits per heavy atom. The maximum atomic E-state index is 11.4. The molecular weight excluding hydrogens is 388 g/mol. The minimum Gasteiger partial charge on any atom is -0.375 e. The summed E-state index contributed by atoms with van der Waals surface area (Å²) in [6, 6.07) is 0. The van der Waals surface area contributed by atoms with Gasteiger partial charge in [0.25, 0.3) is 0 Å². The number of nitrogens with zero attached hydrogens (tertiary/aromatic N) is 4. The molecule has 8 nitrogen and oxygen atoms in total. The number of hydrogen-bond donors (Lipinski definition) is 2. The van der Waals surface area contributed by atoms with Gasteiger partial charge in [-0.3, -0.25) is 9.79 Å². The molecule has 1 aromatic rings. The van der Waals surface area contributed by atoms with Crippen LogP contribution in [0.1, 0.15) is 49.9 Å². The normalized spacial score (nSPS) is 19.2. The van der Waals surface area contributed by atoms with E-state index in [1.807, 2.05) is 14.0 Å². The summed E-state index contributed by atoms with van der Waals surface area (Å²) in [7, 11) is 3.73. The van der Waals surface area contributed by atoms with Gasteiger partial charge in [-0.05, 0) is 46.2 Å². The summed E-state index contributed by atoms with van der Waals surface area (Å²) in [5.74, 6) is 0.712. The van der Waals surface area contributed by atoms with Crippen molar-refractivity contribution in [1.29, 1.82) is 0 Å². The molecule has 0 aromatic carbocycles. The highest BCUT2D eigenvalue weighted by Gasteiger charge is 2.23. The number of thiazole rings is 1. The second kappa shape index (κ2) is 12.1. The van der Waals surface area contributed by atoms with E-state index in [1.54, 1.807) is 18.4 Å². The summed E-state index contributed by atoms with van der Waals surface area (Å²) < 4.78 is 5.34. The molecule has 29 heavy (non-hydrogen) atoms. The zero-order valence-corrected chi connectivity index (χ0v) is 19.0. The summed E-state index contributed by atoms with van der Waals surface area (Å²) in [6.45, 7) is 9.11. The molecule has 2 rings (SSSR count). The fraction of sp³-hybridized carbons (Fsp3) is 0.750. The second-order valence-corrected chi connectivity index (χ2v) is 8.43. The van der Waals surface area contributed by atoms with Crippen LogP contribution in [-0.4, -0.2) is 73.5 Å². The fourth-order valence-electron chi connectivity index (χ4n) is 3.44. The molecule has 2 heterocycles. The average Bonchev–Trinajstić information content (AvgIpc) is 3.18. The third-order valence-corrected chi connectivity index (χ3v) is 6.22. The van der Waals surface area contributed by atoms with E-state index < -0.39 is 0 Å². The molecule has 0 saturated carbocycles. The van der Waals surface area contributed by atoms with Gasteiger partial charge in [0, 0.05) is 39.2 Å². The molecule has 1 amide bonds. The number of hydrogen-bond acceptors (Lipinski definition) is 6. The molecule has 164 valence electrons. The van der Waals surface area contributed by atoms with Gasteiger partial charge < -0.3 is 25.6 Å². The number of methoxy groups -OCH3 is 1. The highest BCUT2D eigenvalue weighted by molar-refractivity contribution is 7.09. The first kappa shape index (κ1) is 23.6. The number of piperidine rings is 1. The van der Waals surface area contributed by atoms with Gasteiger partial charge in [-0.2, -0.15) is 0 Å². The smallest absolute Gasteiger partial charge is 0.221 e. The van der Waals surface area contributed by atoms with Crippen LogP contribution in [0.15, 0.2) is 10.4 Å². The molecule has 1 aromatic heterocycles. The first-order chi connectivity index (χ1) is 13.9. The largest absolute Gasteiger partial charge is 0.375 e. The molecule has 1 saturated heterocycles. The number of likely N-dealkylation sites (tertiary alicyclic amines) is 1. The zero-order chi connectivity index (χ0) is 21.2. The lowest BCUT2D eigenvalue weighted by molar-refractivity contribution is -0.123. The van der Waals surface area contributed by atoms with Crippen LogP contribution in [0, 0.1) is 5.92 Å². The van der Waals surface area contributed by atoms with Crippen LogP contribution in [0.3, 0.4) is 0 Å². The first-order valence-electron chi connectivity index (χ1n) is 10.4. The summed E-state index contributed by atoms with van der Waals surface area (Å²) >= 11 is 1.63. The third kappa shape index (κ3) is 7.56. The number of primary amides is 1. The van der Waals surface area contributed by atoms with Crippen molar-refractivity contribution < 1.29 is 9.53 Å². The topological polar surface area (TPSA) is 96.1 Å². The van der Waals surface area contributed by atoms with Gasteiger partial charge in [0.1, 0.15) is 11.1 Å². The Morgan fingerprint density at radius 3 is 3.07 bits per heavy atom. The Labute approximate surface area is 178 Å². The highest BCUT2D eigenvalue weighted by atomic mass is 32.1. The Kier molecular flexibility index (Phi) is 9.83. The number of rotatable bonds is 10. The predicted molar refractivity (Wildman–Crippen MR) is 118 cm³/mol. The maximum absolute atomic E-state index is 11.4. The van der Waals surface area contributed by atoms with Crippen molar-refractivity contribution in [3.8, 4) is 0 Å². The molecule has 2 atom stereocenters. The number of nitrogens with two attached hydrogens (primary N) is 1. The Bertz CT molecular complexity index is 665. The quantitative estimate of drug-likeness (QED) is 0.338. The van der Waals surface area contributed by atoms with Crippen molar-refractivity contribution in [3.05, 3.63) is 16.1 Å². The van der Waals surface area contributed by atoms with Gasteiger partial charge in [0.2, 0.25) is 5.91 Å². The molecule has 1 fully saturated rings. The van der Waals surface area contributed by atoms with Gasteiger partial charge in [0.15, 0.2) is 5.96 Å². The molecule has 1 aliphatic rings. The number of ether oxygens (including phenoxy) is 1. The minimum atomic E-state index is -0.172. The van der Waals surface area contributed by atoms with Gasteiger partial charge in [-0.1, -0.05) is 0 Å². The van der Waals surface area contributed by atoms with E-state index in [4.69, 9.17) is 15.5 Å². The number of aliphatic imine (C=N–C) groups is 1. The van der Waals surface area contributed by atoms with Gasteiger partial charge in [0.05, 0.1) is 18.2 Å². The molecule has 3 N–H and O–H groups in total. The van der Waals surface area contributed by atoms with Crippen LogP contribution in [0.5, 0.6) is 0 Å². The van der Waals surface area contributed by atoms with E-state index >= 15 is 0 Å². The van der Waals surface area contributed by atoms with E-state index in [2.05, 4.69) is 32.4 Å². The van der Waals surface area contributed by atoms with Crippen LogP contribution in [0.25, 0.3) is 0 Å². The maximum Gasteiger partial charge on any atom is 0.221 e. The monoisotopic (exact) mass is 424 g/mol. The number of aromatic nitrogens is 1. The minimum absolute atomic E-state index is 0.000433. The average molecular weight is 425 g/mol. The van der Waals surface area contributed by atoms with Crippen molar-refractivity contribution in [2.24, 2.45) is 16.6 Å². The van der Waals surface area contributed by atoms with Crippen LogP contribution in [-0.2, 0) is 16.1 Å². The summed E-state index contributed by atoms with van der Waals surface area (Å²) in [6.07, 6.45) is 2.94. The molecular formula is C20H36N6O2S. The lowest BCUT2D eigenvalue weighted by atomic mass is 9.97. The standard InChI is InChI=1S/C20H36N6O2S/c1-5-22-20(25(3)13-17-14-29-19(24-17)15(2)28-4)23-9-7-11-26-10-6-8-16(12-26)18(21)27/h14-16H,5-13H2,1-4H3,(H2,21,27)(H,22,23). The number of nitrogens with one attached hydrogen (secondary N) is 1. The molecule has 2 unspecified atom stereocenters. The number of carbonyl (C=O) groups is 1. The first-order valence-corrected chi connectivity index (χ1v) is 11.3. The van der Waals surface area contributed by atoms with E-state index in [-0.39, 0.29) is 17.9 Å². The van der Waals surface area contributed by atoms with E-state index in [1.165, 1.54) is 0 Å². The van der Waals surface area contributed by atoms with Crippen molar-refractivity contribution in [2.45, 2.75) is 45.8 Å². The molecule has 1 aliphatic heterocycles. The fourth-order valence-corrected chi connectivity index (χ4v) is 4.28. The van der Waals surface area contributed by atoms with E-state index in [0.717, 1.165) is 68.6 Å². The molecule has 0 radical (unpaired) electrons. The summed E-state index contributed by atoms with van der Waals surface area (Å²) in [5, 5.41) is 6.43. The second-order valence-electron chi connectivity index (χ2n) is 7.54. The Hall–Kier alpha value is -1.71. The predicted octanol–water partition coefficient (Wildman–Crippen LogP) is 1.84. The lowest BCUT2D eigenvalue weighted by Gasteiger charge is -2.30. The van der Waals surface area contributed by atoms with Gasteiger partial charge in [-0.15, -0.1) is 11.3 Å². The molecule has 0 aliphatic carbocycles. The van der Waals surface area contributed by atoms with Crippen molar-refractivity contribution in [2.75, 3.05) is 46.9 Å². The Balaban J connectivity index is 1.83. The van der Waals surface area contributed by atoms with Crippen LogP contribution in [0.4, 0.5) is 0 Å². The van der Waals surface area contributed by atoms with Crippen molar-refractivity contribution in [1.82, 2.24) is 20.1 Å². The van der Waals surface area contributed by atoms with Gasteiger partial charge >= 0.3 is 0 Å². The van der Waals surface area contributed by atoms with Gasteiger partial charge in [-0.25, -0.2) is 4.98 Å². The summed E-state index contributed by atoms with van der Waals surface area (Å²) in [4.78, 5) is 25.3. The number of amides is 1. The Morgan fingerprint density at radius 2 is 2.38 bits per heavy atom. The van der Waals surface area contributed by atoms with Crippen LogP contribution < -0.4 is 11.1 Å². The van der Waals surface area contributed by atoms with Crippen LogP contribution >= 0.6 is 11.3 Å². The van der Waals surface area contributed by atoms with E-state index in [9.17, 15) is 4.79 Å². The molecule has 9 heteroatoms. The molecule has 0 spiro atoms. The third-order valence-electron chi connectivity index (χ3n) is 5.17. The van der Waals surface area contributed by atoms with Crippen LogP contribution in [0.2, 0.25) is 0 Å².